The standard InChI is InChI=1S/C13H15NO3/c1-8-6-9-4-5-10(7-15)12(17-3)11(9)14(2)13(8)16/h4-5,7-8H,6H2,1-3H3. The van der Waals surface area contributed by atoms with E-state index in [0.717, 1.165) is 17.5 Å². The number of rotatable bonds is 2. The van der Waals surface area contributed by atoms with Gasteiger partial charge in [-0.15, -0.1) is 0 Å². The Kier molecular flexibility index (Phi) is 2.88. The largest absolute Gasteiger partial charge is 0.494 e. The van der Waals surface area contributed by atoms with Gasteiger partial charge in [0.1, 0.15) is 0 Å². The number of benzene rings is 1. The van der Waals surface area contributed by atoms with Gasteiger partial charge in [-0.25, -0.2) is 0 Å². The third-order valence-corrected chi connectivity index (χ3v) is 3.19. The molecule has 1 atom stereocenters. The van der Waals surface area contributed by atoms with Gasteiger partial charge in [-0.3, -0.25) is 9.59 Å². The van der Waals surface area contributed by atoms with Crippen LogP contribution in [-0.2, 0) is 11.2 Å². The van der Waals surface area contributed by atoms with Gasteiger partial charge in [0.15, 0.2) is 12.0 Å². The van der Waals surface area contributed by atoms with E-state index in [1.807, 2.05) is 13.0 Å². The number of nitrogens with zero attached hydrogens (tertiary/aromatic N) is 1. The maximum absolute atomic E-state index is 11.9. The Bertz CT molecular complexity index is 482. The molecule has 0 aliphatic carbocycles. The number of hydrogen-bond donors (Lipinski definition) is 0. The molecule has 90 valence electrons. The molecule has 0 N–H and O–H groups in total. The van der Waals surface area contributed by atoms with E-state index in [1.165, 1.54) is 7.11 Å². The molecule has 1 aromatic carbocycles. The number of anilines is 1. The second-order valence-corrected chi connectivity index (χ2v) is 4.32. The lowest BCUT2D eigenvalue weighted by molar-refractivity contribution is -0.122. The maximum atomic E-state index is 11.9. The van der Waals surface area contributed by atoms with Crippen molar-refractivity contribution in [1.29, 1.82) is 0 Å². The van der Waals surface area contributed by atoms with Crippen LogP contribution in [0.15, 0.2) is 12.1 Å². The first kappa shape index (κ1) is 11.6. The number of methoxy groups -OCH3 is 1. The first-order valence-electron chi connectivity index (χ1n) is 5.52. The Morgan fingerprint density at radius 3 is 2.76 bits per heavy atom. The van der Waals surface area contributed by atoms with Crippen LogP contribution in [0.3, 0.4) is 0 Å². The van der Waals surface area contributed by atoms with E-state index < -0.39 is 0 Å². The molecule has 0 saturated carbocycles. The number of amides is 1. The zero-order valence-electron chi connectivity index (χ0n) is 10.2. The first-order valence-corrected chi connectivity index (χ1v) is 5.52. The van der Waals surface area contributed by atoms with Crippen LogP contribution in [0.4, 0.5) is 5.69 Å². The number of hydrogen-bond acceptors (Lipinski definition) is 3. The summed E-state index contributed by atoms with van der Waals surface area (Å²) in [5.74, 6) is 0.512. The molecule has 0 bridgehead atoms. The molecule has 2 rings (SSSR count). The highest BCUT2D eigenvalue weighted by Gasteiger charge is 2.30. The van der Waals surface area contributed by atoms with Crippen LogP contribution in [0.1, 0.15) is 22.8 Å². The molecular weight excluding hydrogens is 218 g/mol. The Labute approximate surface area is 100 Å². The number of carbonyl (C=O) groups is 2. The van der Waals surface area contributed by atoms with E-state index in [9.17, 15) is 9.59 Å². The van der Waals surface area contributed by atoms with Gasteiger partial charge in [-0.1, -0.05) is 13.0 Å². The highest BCUT2D eigenvalue weighted by molar-refractivity contribution is 6.01. The highest BCUT2D eigenvalue weighted by atomic mass is 16.5. The minimum Gasteiger partial charge on any atom is -0.494 e. The van der Waals surface area contributed by atoms with E-state index in [0.29, 0.717) is 17.7 Å². The van der Waals surface area contributed by atoms with E-state index in [-0.39, 0.29) is 11.8 Å². The smallest absolute Gasteiger partial charge is 0.230 e. The Balaban J connectivity index is 2.65. The fraction of sp³-hybridized carbons (Fsp3) is 0.385. The fourth-order valence-electron chi connectivity index (χ4n) is 2.33. The van der Waals surface area contributed by atoms with Gasteiger partial charge in [-0.05, 0) is 18.1 Å². The lowest BCUT2D eigenvalue weighted by Crippen LogP contribution is -2.37. The summed E-state index contributed by atoms with van der Waals surface area (Å²) in [6, 6.07) is 3.63. The molecule has 0 radical (unpaired) electrons. The normalized spacial score (nSPS) is 18.9. The van der Waals surface area contributed by atoms with Crippen molar-refractivity contribution in [2.24, 2.45) is 5.92 Å². The number of fused-ring (bicyclic) bond motifs is 1. The minimum absolute atomic E-state index is 0.0284. The van der Waals surface area contributed by atoms with Crippen LogP contribution < -0.4 is 9.64 Å². The summed E-state index contributed by atoms with van der Waals surface area (Å²) in [4.78, 5) is 24.5. The fourth-order valence-corrected chi connectivity index (χ4v) is 2.33. The number of carbonyl (C=O) groups excluding carboxylic acids is 2. The predicted molar refractivity (Wildman–Crippen MR) is 64.7 cm³/mol. The van der Waals surface area contributed by atoms with Crippen molar-refractivity contribution >= 4 is 17.9 Å². The minimum atomic E-state index is -0.0284. The van der Waals surface area contributed by atoms with Crippen molar-refractivity contribution in [2.75, 3.05) is 19.1 Å². The van der Waals surface area contributed by atoms with Gasteiger partial charge < -0.3 is 9.64 Å². The summed E-state index contributed by atoms with van der Waals surface area (Å²) in [6.07, 6.45) is 1.43. The second-order valence-electron chi connectivity index (χ2n) is 4.32. The van der Waals surface area contributed by atoms with E-state index >= 15 is 0 Å². The maximum Gasteiger partial charge on any atom is 0.230 e. The van der Waals surface area contributed by atoms with Crippen LogP contribution in [-0.4, -0.2) is 26.4 Å². The lowest BCUT2D eigenvalue weighted by atomic mass is 9.92. The van der Waals surface area contributed by atoms with Crippen molar-refractivity contribution in [3.63, 3.8) is 0 Å². The summed E-state index contributed by atoms with van der Waals surface area (Å²) in [5, 5.41) is 0. The molecule has 0 fully saturated rings. The molecule has 1 aliphatic heterocycles. The Morgan fingerprint density at radius 2 is 2.18 bits per heavy atom. The van der Waals surface area contributed by atoms with Gasteiger partial charge in [0.2, 0.25) is 5.91 Å². The molecule has 1 aromatic rings. The summed E-state index contributed by atoms with van der Waals surface area (Å²) < 4.78 is 5.26. The van der Waals surface area contributed by atoms with Gasteiger partial charge in [-0.2, -0.15) is 0 Å². The molecule has 0 saturated heterocycles. The summed E-state index contributed by atoms with van der Waals surface area (Å²) in [6.45, 7) is 1.90. The van der Waals surface area contributed by atoms with Crippen LogP contribution in [0.5, 0.6) is 5.75 Å². The van der Waals surface area contributed by atoms with E-state index in [4.69, 9.17) is 4.74 Å². The highest BCUT2D eigenvalue weighted by Crippen LogP contribution is 2.39. The first-order chi connectivity index (χ1) is 8.10. The van der Waals surface area contributed by atoms with Crippen LogP contribution in [0.2, 0.25) is 0 Å². The van der Waals surface area contributed by atoms with Crippen molar-refractivity contribution < 1.29 is 14.3 Å². The zero-order valence-corrected chi connectivity index (χ0v) is 10.2. The second kappa shape index (κ2) is 4.20. The molecule has 1 amide bonds. The monoisotopic (exact) mass is 233 g/mol. The average molecular weight is 233 g/mol. The van der Waals surface area contributed by atoms with E-state index in [2.05, 4.69) is 0 Å². The SMILES string of the molecule is COc1c(C=O)ccc2c1N(C)C(=O)C(C)C2. The summed E-state index contributed by atoms with van der Waals surface area (Å²) >= 11 is 0. The van der Waals surface area contributed by atoms with Crippen LogP contribution in [0, 0.1) is 5.92 Å². The predicted octanol–water partition coefficient (Wildman–Crippen LogP) is 1.66. The Hall–Kier alpha value is -1.84. The number of ether oxygens (including phenoxy) is 1. The molecule has 4 heteroatoms. The van der Waals surface area contributed by atoms with Gasteiger partial charge in [0.05, 0.1) is 18.4 Å². The number of aldehydes is 1. The lowest BCUT2D eigenvalue weighted by Gasteiger charge is -2.31. The summed E-state index contributed by atoms with van der Waals surface area (Å²) in [7, 11) is 3.23. The molecule has 1 unspecified atom stereocenters. The average Bonchev–Trinajstić information content (AvgIpc) is 2.34. The topological polar surface area (TPSA) is 46.6 Å². The molecule has 17 heavy (non-hydrogen) atoms. The molecule has 0 aromatic heterocycles. The zero-order chi connectivity index (χ0) is 12.6. The molecule has 4 nitrogen and oxygen atoms in total. The van der Waals surface area contributed by atoms with Crippen molar-refractivity contribution in [3.05, 3.63) is 23.3 Å². The molecule has 1 aliphatic rings. The Morgan fingerprint density at radius 1 is 1.47 bits per heavy atom. The van der Waals surface area contributed by atoms with Gasteiger partial charge in [0, 0.05) is 13.0 Å². The quantitative estimate of drug-likeness (QED) is 0.730. The van der Waals surface area contributed by atoms with Gasteiger partial charge >= 0.3 is 0 Å². The third kappa shape index (κ3) is 1.69. The molecule has 1 heterocycles. The van der Waals surface area contributed by atoms with Gasteiger partial charge in [0.25, 0.3) is 0 Å². The third-order valence-electron chi connectivity index (χ3n) is 3.19. The van der Waals surface area contributed by atoms with Crippen molar-refractivity contribution in [2.45, 2.75) is 13.3 Å². The van der Waals surface area contributed by atoms with E-state index in [1.54, 1.807) is 18.0 Å². The van der Waals surface area contributed by atoms with Crippen molar-refractivity contribution in [1.82, 2.24) is 0 Å². The van der Waals surface area contributed by atoms with Crippen molar-refractivity contribution in [3.8, 4) is 5.75 Å². The molecular formula is C13H15NO3. The molecule has 0 spiro atoms. The van der Waals surface area contributed by atoms with Crippen LogP contribution >= 0.6 is 0 Å². The van der Waals surface area contributed by atoms with Crippen LogP contribution in [0.25, 0.3) is 0 Å². The summed E-state index contributed by atoms with van der Waals surface area (Å²) in [5.41, 5.74) is 2.24.